The molecule has 0 amide bonds. The molecule has 0 aromatic carbocycles. The average Bonchev–Trinajstić information content (AvgIpc) is 2.32. The van der Waals surface area contributed by atoms with Crippen molar-refractivity contribution in [3.05, 3.63) is 0 Å². The fraction of sp³-hybridized carbons (Fsp3) is 0.917. The molecule has 84 valence electrons. The normalized spacial score (nSPS) is 33.5. The molecule has 3 heteroatoms. The van der Waals surface area contributed by atoms with Gasteiger partial charge in [-0.2, -0.15) is 5.26 Å². The van der Waals surface area contributed by atoms with Crippen LogP contribution in [-0.2, 0) is 0 Å². The number of nitrogens with zero attached hydrogens (tertiary/aromatic N) is 1. The first-order chi connectivity index (χ1) is 7.35. The van der Waals surface area contributed by atoms with Gasteiger partial charge < -0.3 is 5.32 Å². The fourth-order valence-electron chi connectivity index (χ4n) is 2.79. The van der Waals surface area contributed by atoms with Gasteiger partial charge in [0.1, 0.15) is 5.54 Å². The summed E-state index contributed by atoms with van der Waals surface area (Å²) in [6.07, 6.45) is 8.66. The molecule has 1 saturated heterocycles. The average molecular weight is 207 g/mol. The maximum absolute atomic E-state index is 9.32. The maximum Gasteiger partial charge on any atom is 0.119 e. The van der Waals surface area contributed by atoms with Gasteiger partial charge in [-0.3, -0.25) is 5.32 Å². The van der Waals surface area contributed by atoms with Gasteiger partial charge in [-0.25, -0.2) is 0 Å². The summed E-state index contributed by atoms with van der Waals surface area (Å²) in [5.41, 5.74) is -0.278. The van der Waals surface area contributed by atoms with E-state index in [0.29, 0.717) is 6.04 Å². The Morgan fingerprint density at radius 3 is 2.60 bits per heavy atom. The lowest BCUT2D eigenvalue weighted by atomic mass is 9.87. The maximum atomic E-state index is 9.32. The first kappa shape index (κ1) is 10.9. The standard InChI is InChI=1S/C12H21N3/c13-9-12(7-4-8-14-10-12)15-11-5-2-1-3-6-11/h11,14-15H,1-8,10H2. The Balaban J connectivity index is 1.91. The van der Waals surface area contributed by atoms with Gasteiger partial charge in [-0.1, -0.05) is 19.3 Å². The summed E-state index contributed by atoms with van der Waals surface area (Å²) in [6, 6.07) is 3.07. The molecule has 0 bridgehead atoms. The van der Waals surface area contributed by atoms with Crippen molar-refractivity contribution in [2.75, 3.05) is 13.1 Å². The van der Waals surface area contributed by atoms with E-state index in [2.05, 4.69) is 16.7 Å². The van der Waals surface area contributed by atoms with E-state index >= 15 is 0 Å². The summed E-state index contributed by atoms with van der Waals surface area (Å²) in [5, 5.41) is 16.2. The van der Waals surface area contributed by atoms with Crippen LogP contribution < -0.4 is 10.6 Å². The quantitative estimate of drug-likeness (QED) is 0.722. The van der Waals surface area contributed by atoms with E-state index in [4.69, 9.17) is 0 Å². The number of rotatable bonds is 2. The molecule has 2 rings (SSSR count). The zero-order valence-electron chi connectivity index (χ0n) is 9.39. The molecule has 1 unspecified atom stereocenters. The molecule has 1 aliphatic carbocycles. The highest BCUT2D eigenvalue weighted by atomic mass is 15.1. The van der Waals surface area contributed by atoms with Gasteiger partial charge in [0.15, 0.2) is 0 Å². The van der Waals surface area contributed by atoms with Gasteiger partial charge in [0.25, 0.3) is 0 Å². The largest absolute Gasteiger partial charge is 0.314 e. The first-order valence-electron chi connectivity index (χ1n) is 6.24. The van der Waals surface area contributed by atoms with Crippen molar-refractivity contribution in [3.8, 4) is 6.07 Å². The predicted molar refractivity (Wildman–Crippen MR) is 60.5 cm³/mol. The smallest absolute Gasteiger partial charge is 0.119 e. The number of hydrogen-bond acceptors (Lipinski definition) is 3. The van der Waals surface area contributed by atoms with Crippen LogP contribution in [0.15, 0.2) is 0 Å². The van der Waals surface area contributed by atoms with Crippen LogP contribution >= 0.6 is 0 Å². The van der Waals surface area contributed by atoms with Crippen LogP contribution in [0.3, 0.4) is 0 Å². The third-order valence-corrected chi connectivity index (χ3v) is 3.68. The van der Waals surface area contributed by atoms with E-state index in [1.807, 2.05) is 0 Å². The Bertz CT molecular complexity index is 232. The minimum absolute atomic E-state index is 0.278. The second-order valence-electron chi connectivity index (χ2n) is 4.95. The summed E-state index contributed by atoms with van der Waals surface area (Å²) in [4.78, 5) is 0. The van der Waals surface area contributed by atoms with Gasteiger partial charge >= 0.3 is 0 Å². The third kappa shape index (κ3) is 2.70. The summed E-state index contributed by atoms with van der Waals surface area (Å²) >= 11 is 0. The highest BCUT2D eigenvalue weighted by molar-refractivity contribution is 5.11. The van der Waals surface area contributed by atoms with Crippen molar-refractivity contribution < 1.29 is 0 Å². The minimum Gasteiger partial charge on any atom is -0.314 e. The number of hydrogen-bond donors (Lipinski definition) is 2. The molecule has 0 spiro atoms. The zero-order chi connectivity index (χ0) is 10.6. The van der Waals surface area contributed by atoms with Crippen molar-refractivity contribution in [1.82, 2.24) is 10.6 Å². The highest BCUT2D eigenvalue weighted by Gasteiger charge is 2.34. The van der Waals surface area contributed by atoms with Crippen LogP contribution in [0.1, 0.15) is 44.9 Å². The molecule has 1 heterocycles. The number of piperidine rings is 1. The second-order valence-corrected chi connectivity index (χ2v) is 4.95. The van der Waals surface area contributed by atoms with Crippen molar-refractivity contribution in [2.24, 2.45) is 0 Å². The van der Waals surface area contributed by atoms with Crippen LogP contribution in [0.5, 0.6) is 0 Å². The van der Waals surface area contributed by atoms with Crippen molar-refractivity contribution in [3.63, 3.8) is 0 Å². The number of nitrogens with one attached hydrogen (secondary N) is 2. The molecule has 2 fully saturated rings. The van der Waals surface area contributed by atoms with Gasteiger partial charge in [0.2, 0.25) is 0 Å². The molecule has 2 N–H and O–H groups in total. The molecular formula is C12H21N3. The predicted octanol–water partition coefficient (Wildman–Crippen LogP) is 1.55. The molecule has 15 heavy (non-hydrogen) atoms. The summed E-state index contributed by atoms with van der Waals surface area (Å²) in [5.74, 6) is 0. The van der Waals surface area contributed by atoms with Crippen molar-refractivity contribution in [1.29, 1.82) is 5.26 Å². The molecule has 0 aromatic heterocycles. The Kier molecular flexibility index (Phi) is 3.61. The van der Waals surface area contributed by atoms with E-state index < -0.39 is 0 Å². The van der Waals surface area contributed by atoms with Crippen LogP contribution in [0.25, 0.3) is 0 Å². The molecule has 0 radical (unpaired) electrons. The molecule has 0 aromatic rings. The lowest BCUT2D eigenvalue weighted by molar-refractivity contribution is 0.250. The lowest BCUT2D eigenvalue weighted by Crippen LogP contribution is -2.58. The molecule has 1 aliphatic heterocycles. The van der Waals surface area contributed by atoms with E-state index in [-0.39, 0.29) is 5.54 Å². The van der Waals surface area contributed by atoms with E-state index in [0.717, 1.165) is 25.9 Å². The van der Waals surface area contributed by atoms with Gasteiger partial charge in [-0.05, 0) is 32.2 Å². The third-order valence-electron chi connectivity index (χ3n) is 3.68. The van der Waals surface area contributed by atoms with Crippen LogP contribution in [0, 0.1) is 11.3 Å². The molecule has 1 saturated carbocycles. The second kappa shape index (κ2) is 4.96. The first-order valence-corrected chi connectivity index (χ1v) is 6.24. The molecular weight excluding hydrogens is 186 g/mol. The van der Waals surface area contributed by atoms with Crippen molar-refractivity contribution in [2.45, 2.75) is 56.5 Å². The van der Waals surface area contributed by atoms with Gasteiger partial charge in [-0.15, -0.1) is 0 Å². The summed E-state index contributed by atoms with van der Waals surface area (Å²) in [7, 11) is 0. The zero-order valence-corrected chi connectivity index (χ0v) is 9.39. The van der Waals surface area contributed by atoms with Crippen LogP contribution in [-0.4, -0.2) is 24.7 Å². The van der Waals surface area contributed by atoms with Gasteiger partial charge in [0, 0.05) is 12.6 Å². The highest BCUT2D eigenvalue weighted by Crippen LogP contribution is 2.22. The topological polar surface area (TPSA) is 47.9 Å². The Morgan fingerprint density at radius 2 is 2.00 bits per heavy atom. The van der Waals surface area contributed by atoms with Gasteiger partial charge in [0.05, 0.1) is 6.07 Å². The van der Waals surface area contributed by atoms with E-state index in [1.165, 1.54) is 32.1 Å². The molecule has 3 nitrogen and oxygen atoms in total. The number of nitriles is 1. The SMILES string of the molecule is N#CC1(NC2CCCCC2)CCCNC1. The van der Waals surface area contributed by atoms with Crippen LogP contribution in [0.4, 0.5) is 0 Å². The molecule has 1 atom stereocenters. The van der Waals surface area contributed by atoms with E-state index in [9.17, 15) is 5.26 Å². The monoisotopic (exact) mass is 207 g/mol. The molecule has 2 aliphatic rings. The van der Waals surface area contributed by atoms with Crippen LogP contribution in [0.2, 0.25) is 0 Å². The fourth-order valence-corrected chi connectivity index (χ4v) is 2.79. The minimum atomic E-state index is -0.278. The van der Waals surface area contributed by atoms with E-state index in [1.54, 1.807) is 0 Å². The lowest BCUT2D eigenvalue weighted by Gasteiger charge is -2.37. The summed E-state index contributed by atoms with van der Waals surface area (Å²) in [6.45, 7) is 1.88. The Morgan fingerprint density at radius 1 is 1.20 bits per heavy atom. The Labute approximate surface area is 92.2 Å². The van der Waals surface area contributed by atoms with Crippen molar-refractivity contribution >= 4 is 0 Å². The summed E-state index contributed by atoms with van der Waals surface area (Å²) < 4.78 is 0. The Hall–Kier alpha value is -0.590.